The summed E-state index contributed by atoms with van der Waals surface area (Å²) < 4.78 is 1.20. The van der Waals surface area contributed by atoms with Crippen LogP contribution in [0.5, 0.6) is 0 Å². The molecule has 2 amide bonds. The average Bonchev–Trinajstić information content (AvgIpc) is 2.98. The molecule has 1 aromatic heterocycles. The van der Waals surface area contributed by atoms with Crippen LogP contribution in [-0.4, -0.2) is 35.8 Å². The van der Waals surface area contributed by atoms with Crippen molar-refractivity contribution in [1.29, 1.82) is 0 Å². The molecule has 0 N–H and O–H groups in total. The van der Waals surface area contributed by atoms with Crippen molar-refractivity contribution in [3.05, 3.63) is 29.6 Å². The van der Waals surface area contributed by atoms with E-state index < -0.39 is 0 Å². The predicted molar refractivity (Wildman–Crippen MR) is 83.5 cm³/mol. The summed E-state index contributed by atoms with van der Waals surface area (Å²) in [6, 6.07) is 7.78. The lowest BCUT2D eigenvalue weighted by Gasteiger charge is -2.42. The molecule has 2 aromatic rings. The number of carbonyl (C=O) groups excluding carboxylic acids is 2. The number of hydrogen-bond donors (Lipinski definition) is 0. The Kier molecular flexibility index (Phi) is 2.96. The molecule has 108 valence electrons. The molecule has 0 saturated carbocycles. The summed E-state index contributed by atoms with van der Waals surface area (Å²) >= 11 is 1.68. The van der Waals surface area contributed by atoms with Gasteiger partial charge in [0, 0.05) is 16.9 Å². The van der Waals surface area contributed by atoms with Crippen molar-refractivity contribution in [1.82, 2.24) is 4.90 Å². The standard InChI is InChI=1S/C16H16N2O2S/c19-15-10-18(16(20)13-3-1-2-7-17(13)15)12-4-5-14-11(9-12)6-8-21-14/h4-6,8-9,13H,1-3,7,10H2. The van der Waals surface area contributed by atoms with Crippen LogP contribution in [0.25, 0.3) is 10.1 Å². The van der Waals surface area contributed by atoms with E-state index in [1.165, 1.54) is 4.70 Å². The van der Waals surface area contributed by atoms with Gasteiger partial charge in [0.05, 0.1) is 0 Å². The molecule has 2 saturated heterocycles. The lowest BCUT2D eigenvalue weighted by Crippen LogP contribution is -2.61. The topological polar surface area (TPSA) is 40.6 Å². The highest BCUT2D eigenvalue weighted by Gasteiger charge is 2.40. The number of benzene rings is 1. The fourth-order valence-corrected chi connectivity index (χ4v) is 4.08. The van der Waals surface area contributed by atoms with E-state index in [0.29, 0.717) is 0 Å². The molecular formula is C16H16N2O2S. The smallest absolute Gasteiger partial charge is 0.250 e. The number of piperidine rings is 1. The van der Waals surface area contributed by atoms with Crippen LogP contribution in [0.1, 0.15) is 19.3 Å². The average molecular weight is 300 g/mol. The van der Waals surface area contributed by atoms with Crippen molar-refractivity contribution in [2.75, 3.05) is 18.0 Å². The number of hydrogen-bond acceptors (Lipinski definition) is 3. The van der Waals surface area contributed by atoms with E-state index in [1.807, 2.05) is 29.6 Å². The van der Waals surface area contributed by atoms with E-state index in [9.17, 15) is 9.59 Å². The highest BCUT2D eigenvalue weighted by atomic mass is 32.1. The highest BCUT2D eigenvalue weighted by molar-refractivity contribution is 7.17. The first kappa shape index (κ1) is 12.8. The fourth-order valence-electron chi connectivity index (χ4n) is 3.31. The van der Waals surface area contributed by atoms with Gasteiger partial charge >= 0.3 is 0 Å². The number of anilines is 1. The molecule has 5 heteroatoms. The minimum atomic E-state index is -0.252. The number of thiophene rings is 1. The van der Waals surface area contributed by atoms with Crippen LogP contribution in [0, 0.1) is 0 Å². The van der Waals surface area contributed by atoms with Gasteiger partial charge in [-0.2, -0.15) is 0 Å². The summed E-state index contributed by atoms with van der Waals surface area (Å²) in [7, 11) is 0. The van der Waals surface area contributed by atoms with Gasteiger partial charge in [-0.25, -0.2) is 0 Å². The lowest BCUT2D eigenvalue weighted by atomic mass is 9.98. The Hall–Kier alpha value is -1.88. The molecular weight excluding hydrogens is 284 g/mol. The second-order valence-electron chi connectivity index (χ2n) is 5.67. The van der Waals surface area contributed by atoms with Gasteiger partial charge in [0.15, 0.2) is 0 Å². The number of carbonyl (C=O) groups is 2. The SMILES string of the molecule is O=C1C2CCCCN2C(=O)CN1c1ccc2sccc2c1. The van der Waals surface area contributed by atoms with E-state index in [2.05, 4.69) is 0 Å². The first-order valence-electron chi connectivity index (χ1n) is 7.32. The van der Waals surface area contributed by atoms with Crippen LogP contribution in [-0.2, 0) is 9.59 Å². The second-order valence-corrected chi connectivity index (χ2v) is 6.61. The van der Waals surface area contributed by atoms with E-state index in [0.717, 1.165) is 36.9 Å². The van der Waals surface area contributed by atoms with Gasteiger partial charge in [0.25, 0.3) is 0 Å². The molecule has 0 bridgehead atoms. The third kappa shape index (κ3) is 2.03. The number of fused-ring (bicyclic) bond motifs is 2. The third-order valence-corrected chi connectivity index (χ3v) is 5.31. The Bertz CT molecular complexity index is 724. The van der Waals surface area contributed by atoms with Gasteiger partial charge in [-0.05, 0) is 54.3 Å². The van der Waals surface area contributed by atoms with Crippen molar-refractivity contribution in [2.45, 2.75) is 25.3 Å². The molecule has 21 heavy (non-hydrogen) atoms. The molecule has 1 atom stereocenters. The molecule has 0 spiro atoms. The van der Waals surface area contributed by atoms with Crippen LogP contribution in [0.2, 0.25) is 0 Å². The van der Waals surface area contributed by atoms with Crippen LogP contribution in [0.3, 0.4) is 0 Å². The number of nitrogens with zero attached hydrogens (tertiary/aromatic N) is 2. The molecule has 3 heterocycles. The minimum Gasteiger partial charge on any atom is -0.329 e. The fraction of sp³-hybridized carbons (Fsp3) is 0.375. The first-order chi connectivity index (χ1) is 10.2. The molecule has 4 nitrogen and oxygen atoms in total. The Balaban J connectivity index is 1.70. The van der Waals surface area contributed by atoms with E-state index >= 15 is 0 Å². The molecule has 2 aliphatic rings. The van der Waals surface area contributed by atoms with Crippen LogP contribution in [0.4, 0.5) is 5.69 Å². The van der Waals surface area contributed by atoms with Crippen molar-refractivity contribution < 1.29 is 9.59 Å². The Labute approximate surface area is 127 Å². The Morgan fingerprint density at radius 3 is 2.95 bits per heavy atom. The summed E-state index contributed by atoms with van der Waals surface area (Å²) in [5.41, 5.74) is 0.837. The molecule has 0 aliphatic carbocycles. The van der Waals surface area contributed by atoms with E-state index in [-0.39, 0.29) is 24.4 Å². The van der Waals surface area contributed by atoms with Crippen molar-refractivity contribution in [2.24, 2.45) is 0 Å². The maximum Gasteiger partial charge on any atom is 0.250 e. The zero-order chi connectivity index (χ0) is 14.4. The number of amides is 2. The van der Waals surface area contributed by atoms with Crippen molar-refractivity contribution in [3.63, 3.8) is 0 Å². The quantitative estimate of drug-likeness (QED) is 0.812. The highest BCUT2D eigenvalue weighted by Crippen LogP contribution is 2.30. The molecule has 0 radical (unpaired) electrons. The summed E-state index contributed by atoms with van der Waals surface area (Å²) in [4.78, 5) is 28.4. The zero-order valence-electron chi connectivity index (χ0n) is 11.6. The van der Waals surface area contributed by atoms with Crippen LogP contribution < -0.4 is 4.90 Å². The van der Waals surface area contributed by atoms with Crippen molar-refractivity contribution in [3.8, 4) is 0 Å². The van der Waals surface area contributed by atoms with Gasteiger partial charge in [-0.15, -0.1) is 11.3 Å². The van der Waals surface area contributed by atoms with Gasteiger partial charge in [-0.1, -0.05) is 0 Å². The van der Waals surface area contributed by atoms with Crippen LogP contribution >= 0.6 is 11.3 Å². The minimum absolute atomic E-state index is 0.0730. The Morgan fingerprint density at radius 2 is 2.05 bits per heavy atom. The number of rotatable bonds is 1. The summed E-state index contributed by atoms with van der Waals surface area (Å²) in [6.45, 7) is 0.900. The largest absolute Gasteiger partial charge is 0.329 e. The molecule has 4 rings (SSSR count). The van der Waals surface area contributed by atoms with E-state index in [4.69, 9.17) is 0 Å². The molecule has 2 aliphatic heterocycles. The van der Waals surface area contributed by atoms with Gasteiger partial charge in [0.2, 0.25) is 11.8 Å². The summed E-state index contributed by atoms with van der Waals surface area (Å²) in [6.07, 6.45) is 2.83. The molecule has 1 aromatic carbocycles. The van der Waals surface area contributed by atoms with Crippen molar-refractivity contribution >= 4 is 38.9 Å². The molecule has 1 unspecified atom stereocenters. The van der Waals surface area contributed by atoms with E-state index in [1.54, 1.807) is 21.1 Å². The number of piperazine rings is 1. The maximum absolute atomic E-state index is 12.7. The van der Waals surface area contributed by atoms with Gasteiger partial charge in [0.1, 0.15) is 12.6 Å². The van der Waals surface area contributed by atoms with Gasteiger partial charge in [-0.3, -0.25) is 9.59 Å². The first-order valence-corrected chi connectivity index (χ1v) is 8.20. The predicted octanol–water partition coefficient (Wildman–Crippen LogP) is 2.63. The summed E-state index contributed by atoms with van der Waals surface area (Å²) in [5, 5.41) is 3.17. The Morgan fingerprint density at radius 1 is 1.14 bits per heavy atom. The maximum atomic E-state index is 12.7. The second kappa shape index (κ2) is 4.84. The lowest BCUT2D eigenvalue weighted by molar-refractivity contribution is -0.144. The van der Waals surface area contributed by atoms with Crippen LogP contribution in [0.15, 0.2) is 29.6 Å². The zero-order valence-corrected chi connectivity index (χ0v) is 12.4. The van der Waals surface area contributed by atoms with Gasteiger partial charge < -0.3 is 9.80 Å². The molecule has 2 fully saturated rings. The monoisotopic (exact) mass is 300 g/mol. The third-order valence-electron chi connectivity index (χ3n) is 4.42. The summed E-state index contributed by atoms with van der Waals surface area (Å²) in [5.74, 6) is 0.147. The normalized spacial score (nSPS) is 22.8.